The number of thiophene rings is 1. The lowest BCUT2D eigenvalue weighted by Gasteiger charge is -2.24. The summed E-state index contributed by atoms with van der Waals surface area (Å²) < 4.78 is 10.9. The van der Waals surface area contributed by atoms with Crippen molar-refractivity contribution >= 4 is 21.6 Å². The fraction of sp³-hybridized carbons (Fsp3) is 0.333. The Hall–Kier alpha value is -3.20. The van der Waals surface area contributed by atoms with E-state index in [-0.39, 0.29) is 12.2 Å². The van der Waals surface area contributed by atoms with E-state index < -0.39 is 6.10 Å². The fourth-order valence-corrected chi connectivity index (χ4v) is 5.26. The molecule has 2 aromatic heterocycles. The fourth-order valence-electron chi connectivity index (χ4n) is 4.30. The number of fused-ring (bicyclic) bond motifs is 1. The van der Waals surface area contributed by atoms with Crippen LogP contribution in [0.3, 0.4) is 0 Å². The predicted octanol–water partition coefficient (Wildman–Crippen LogP) is 4.37. The van der Waals surface area contributed by atoms with Crippen molar-refractivity contribution in [3.63, 3.8) is 0 Å². The summed E-state index contributed by atoms with van der Waals surface area (Å²) in [7, 11) is 1.62. The van der Waals surface area contributed by atoms with Gasteiger partial charge in [0, 0.05) is 23.5 Å². The number of aromatic nitrogens is 2. The third-order valence-corrected chi connectivity index (χ3v) is 7.16. The van der Waals surface area contributed by atoms with Gasteiger partial charge in [-0.2, -0.15) is 0 Å². The number of H-pyrrole nitrogens is 1. The summed E-state index contributed by atoms with van der Waals surface area (Å²) in [4.78, 5) is 23.8. The van der Waals surface area contributed by atoms with Crippen LogP contribution in [0.25, 0.3) is 21.3 Å². The second-order valence-corrected chi connectivity index (χ2v) is 9.82. The van der Waals surface area contributed by atoms with Crippen molar-refractivity contribution in [3.05, 3.63) is 75.7 Å². The van der Waals surface area contributed by atoms with Crippen LogP contribution in [-0.2, 0) is 6.54 Å². The molecule has 8 heteroatoms. The molecule has 1 unspecified atom stereocenters. The summed E-state index contributed by atoms with van der Waals surface area (Å²) in [6, 6.07) is 15.7. The van der Waals surface area contributed by atoms with E-state index in [0.29, 0.717) is 36.1 Å². The number of nitrogens with one attached hydrogen (secondary N) is 1. The molecule has 0 radical (unpaired) electrons. The van der Waals surface area contributed by atoms with E-state index in [1.54, 1.807) is 7.11 Å². The number of aromatic amines is 1. The summed E-state index contributed by atoms with van der Waals surface area (Å²) in [5, 5.41) is 13.3. The maximum absolute atomic E-state index is 13.1. The lowest BCUT2D eigenvalue weighted by atomic mass is 10.0. The Balaban J connectivity index is 1.28. The van der Waals surface area contributed by atoms with Gasteiger partial charge >= 0.3 is 0 Å². The predicted molar refractivity (Wildman–Crippen MR) is 138 cm³/mol. The Morgan fingerprint density at radius 3 is 2.60 bits per heavy atom. The Morgan fingerprint density at radius 1 is 1.14 bits per heavy atom. The summed E-state index contributed by atoms with van der Waals surface area (Å²) in [6.45, 7) is 3.16. The number of aliphatic hydroxyl groups excluding tert-OH is 1. The zero-order valence-electron chi connectivity index (χ0n) is 19.9. The molecule has 1 saturated carbocycles. The zero-order chi connectivity index (χ0) is 24.4. The van der Waals surface area contributed by atoms with Gasteiger partial charge in [0.15, 0.2) is 0 Å². The van der Waals surface area contributed by atoms with E-state index in [2.05, 4.69) is 9.88 Å². The molecule has 0 aliphatic heterocycles. The SMILES string of the molecule is COc1ccc(OCC(O)CN(Cc2nc3scc(-c4ccccc4C)c3c(=O)[nH]2)C2CC2)cc1. The number of hydrogen-bond donors (Lipinski definition) is 2. The maximum atomic E-state index is 13.1. The van der Waals surface area contributed by atoms with Crippen LogP contribution < -0.4 is 15.0 Å². The monoisotopic (exact) mass is 491 g/mol. The normalized spacial score (nSPS) is 14.4. The van der Waals surface area contributed by atoms with Crippen LogP contribution >= 0.6 is 11.3 Å². The highest BCUT2D eigenvalue weighted by atomic mass is 32.1. The van der Waals surface area contributed by atoms with Gasteiger partial charge in [0.25, 0.3) is 5.56 Å². The molecule has 35 heavy (non-hydrogen) atoms. The number of hydrogen-bond acceptors (Lipinski definition) is 7. The first kappa shape index (κ1) is 23.5. The van der Waals surface area contributed by atoms with Crippen molar-refractivity contribution in [1.82, 2.24) is 14.9 Å². The molecule has 5 rings (SSSR count). The molecule has 2 N–H and O–H groups in total. The molecule has 4 aromatic rings. The van der Waals surface area contributed by atoms with E-state index in [1.807, 2.05) is 60.8 Å². The van der Waals surface area contributed by atoms with Crippen LogP contribution in [0.4, 0.5) is 0 Å². The Labute approximate surface area is 208 Å². The van der Waals surface area contributed by atoms with Gasteiger partial charge in [0.1, 0.15) is 34.9 Å². The average molecular weight is 492 g/mol. The van der Waals surface area contributed by atoms with E-state index in [9.17, 15) is 9.90 Å². The highest BCUT2D eigenvalue weighted by molar-refractivity contribution is 7.17. The topological polar surface area (TPSA) is 87.7 Å². The molecule has 1 aliphatic carbocycles. The molecular formula is C27H29N3O4S. The van der Waals surface area contributed by atoms with Gasteiger partial charge in [-0.15, -0.1) is 11.3 Å². The molecule has 1 aliphatic rings. The first-order valence-corrected chi connectivity index (χ1v) is 12.6. The molecule has 0 saturated heterocycles. The minimum atomic E-state index is -0.664. The van der Waals surface area contributed by atoms with Gasteiger partial charge in [0.05, 0.1) is 19.0 Å². The second kappa shape index (κ2) is 10.2. The van der Waals surface area contributed by atoms with E-state index >= 15 is 0 Å². The number of rotatable bonds is 10. The van der Waals surface area contributed by atoms with Crippen LogP contribution in [0, 0.1) is 6.92 Å². The van der Waals surface area contributed by atoms with Crippen molar-refractivity contribution in [1.29, 1.82) is 0 Å². The number of aryl methyl sites for hydroxylation is 1. The number of benzene rings is 2. The molecule has 2 heterocycles. The van der Waals surface area contributed by atoms with Crippen LogP contribution in [0.5, 0.6) is 11.5 Å². The molecule has 1 fully saturated rings. The highest BCUT2D eigenvalue weighted by Gasteiger charge is 2.31. The first-order valence-electron chi connectivity index (χ1n) is 11.8. The van der Waals surface area contributed by atoms with Crippen molar-refractivity contribution in [2.75, 3.05) is 20.3 Å². The quantitative estimate of drug-likeness (QED) is 0.343. The number of ether oxygens (including phenoxy) is 2. The molecule has 2 aromatic carbocycles. The molecule has 1 atom stereocenters. The zero-order valence-corrected chi connectivity index (χ0v) is 20.7. The van der Waals surface area contributed by atoms with Crippen LogP contribution in [0.2, 0.25) is 0 Å². The third kappa shape index (κ3) is 5.40. The Bertz CT molecular complexity index is 1360. The van der Waals surface area contributed by atoms with Gasteiger partial charge < -0.3 is 19.6 Å². The Morgan fingerprint density at radius 2 is 1.89 bits per heavy atom. The van der Waals surface area contributed by atoms with Gasteiger partial charge in [-0.25, -0.2) is 4.98 Å². The summed E-state index contributed by atoms with van der Waals surface area (Å²) in [6.07, 6.45) is 1.49. The first-order chi connectivity index (χ1) is 17.0. The van der Waals surface area contributed by atoms with E-state index in [4.69, 9.17) is 14.5 Å². The molecule has 0 spiro atoms. The standard InChI is InChI=1S/C27H29N3O4S/c1-17-5-3-4-6-22(17)23-16-35-27-25(23)26(32)28-24(29-27)14-30(18-7-8-18)13-19(31)15-34-21-11-9-20(33-2)10-12-21/h3-6,9-12,16,18-19,31H,7-8,13-15H2,1-2H3,(H,28,29,32). The summed E-state index contributed by atoms with van der Waals surface area (Å²) in [5.41, 5.74) is 2.98. The number of methoxy groups -OCH3 is 1. The van der Waals surface area contributed by atoms with E-state index in [1.165, 1.54) is 11.3 Å². The smallest absolute Gasteiger partial charge is 0.260 e. The number of aliphatic hydroxyl groups is 1. The number of nitrogens with zero attached hydrogens (tertiary/aromatic N) is 2. The average Bonchev–Trinajstić information content (AvgIpc) is 3.62. The highest BCUT2D eigenvalue weighted by Crippen LogP contribution is 2.33. The van der Waals surface area contributed by atoms with Crippen molar-refractivity contribution < 1.29 is 14.6 Å². The van der Waals surface area contributed by atoms with Crippen LogP contribution in [0.15, 0.2) is 58.7 Å². The van der Waals surface area contributed by atoms with Crippen molar-refractivity contribution in [2.45, 2.75) is 38.5 Å². The second-order valence-electron chi connectivity index (χ2n) is 8.96. The Kier molecular flexibility index (Phi) is 6.86. The van der Waals surface area contributed by atoms with Crippen LogP contribution in [-0.4, -0.2) is 52.4 Å². The van der Waals surface area contributed by atoms with Gasteiger partial charge in [-0.1, -0.05) is 24.3 Å². The summed E-state index contributed by atoms with van der Waals surface area (Å²) >= 11 is 1.49. The molecule has 0 bridgehead atoms. The van der Waals surface area contributed by atoms with Crippen molar-refractivity contribution in [3.8, 4) is 22.6 Å². The van der Waals surface area contributed by atoms with Gasteiger partial charge in [0.2, 0.25) is 0 Å². The maximum Gasteiger partial charge on any atom is 0.260 e. The lowest BCUT2D eigenvalue weighted by Crippen LogP contribution is -2.37. The van der Waals surface area contributed by atoms with Gasteiger partial charge in [-0.05, 0) is 55.2 Å². The third-order valence-electron chi connectivity index (χ3n) is 6.29. The lowest BCUT2D eigenvalue weighted by molar-refractivity contribution is 0.0617. The minimum absolute atomic E-state index is 0.122. The minimum Gasteiger partial charge on any atom is -0.497 e. The molecule has 0 amide bonds. The van der Waals surface area contributed by atoms with Crippen LogP contribution in [0.1, 0.15) is 24.2 Å². The molecule has 7 nitrogen and oxygen atoms in total. The largest absolute Gasteiger partial charge is 0.497 e. The molecular weight excluding hydrogens is 462 g/mol. The van der Waals surface area contributed by atoms with Crippen molar-refractivity contribution in [2.24, 2.45) is 0 Å². The summed E-state index contributed by atoms with van der Waals surface area (Å²) in [5.74, 6) is 2.06. The molecule has 182 valence electrons. The van der Waals surface area contributed by atoms with Gasteiger partial charge in [-0.3, -0.25) is 9.69 Å². The van der Waals surface area contributed by atoms with E-state index in [0.717, 1.165) is 40.1 Å².